The largest absolute Gasteiger partial charge is 0.416 e. The topological polar surface area (TPSA) is 73.0 Å². The summed E-state index contributed by atoms with van der Waals surface area (Å²) in [6.45, 7) is 2.68. The number of aromatic nitrogens is 4. The molecule has 34 heavy (non-hydrogen) atoms. The minimum absolute atomic E-state index is 0.00743. The van der Waals surface area contributed by atoms with E-state index in [1.807, 2.05) is 0 Å². The maximum atomic E-state index is 13.2. The van der Waals surface area contributed by atoms with Gasteiger partial charge in [-0.05, 0) is 49.7 Å². The maximum absolute atomic E-state index is 13.2. The number of benzene rings is 1. The van der Waals surface area contributed by atoms with E-state index < -0.39 is 47.5 Å². The summed E-state index contributed by atoms with van der Waals surface area (Å²) in [6.07, 6.45) is -8.65. The second kappa shape index (κ2) is 7.99. The molecule has 1 amide bonds. The van der Waals surface area contributed by atoms with Gasteiger partial charge in [-0.1, -0.05) is 0 Å². The van der Waals surface area contributed by atoms with Crippen LogP contribution in [-0.4, -0.2) is 36.2 Å². The van der Waals surface area contributed by atoms with Crippen LogP contribution in [0.4, 0.5) is 26.3 Å². The smallest absolute Gasteiger partial charge is 0.329 e. The monoisotopic (exact) mass is 485 g/mol. The number of halogens is 6. The lowest BCUT2D eigenvalue weighted by atomic mass is 10.0. The highest BCUT2D eigenvalue weighted by Gasteiger charge is 2.38. The summed E-state index contributed by atoms with van der Waals surface area (Å²) >= 11 is 0. The maximum Gasteiger partial charge on any atom is 0.416 e. The van der Waals surface area contributed by atoms with Crippen molar-refractivity contribution in [2.75, 3.05) is 0 Å². The average Bonchev–Trinajstić information content (AvgIpc) is 3.16. The second-order valence-electron chi connectivity index (χ2n) is 7.95. The Morgan fingerprint density at radius 2 is 1.62 bits per heavy atom. The molecule has 4 rings (SSSR count). The molecule has 0 aliphatic carbocycles. The van der Waals surface area contributed by atoms with Crippen LogP contribution in [0.2, 0.25) is 0 Å². The van der Waals surface area contributed by atoms with Crippen molar-refractivity contribution in [3.05, 3.63) is 75.2 Å². The molecule has 180 valence electrons. The predicted molar refractivity (Wildman–Crippen MR) is 106 cm³/mol. The van der Waals surface area contributed by atoms with Crippen molar-refractivity contribution >= 4 is 5.91 Å². The van der Waals surface area contributed by atoms with Gasteiger partial charge in [-0.3, -0.25) is 9.59 Å². The predicted octanol–water partition coefficient (Wildman–Crippen LogP) is 3.82. The molecule has 1 aliphatic heterocycles. The highest BCUT2D eigenvalue weighted by Crippen LogP contribution is 2.37. The number of nitrogens with zero attached hydrogens (tertiary/aromatic N) is 5. The van der Waals surface area contributed by atoms with E-state index in [9.17, 15) is 35.9 Å². The Bertz CT molecular complexity index is 1290. The summed E-state index contributed by atoms with van der Waals surface area (Å²) in [5.41, 5.74) is -3.66. The molecule has 1 aromatic carbocycles. The number of carbonyl (C=O) groups excluding carboxylic acids is 1. The quantitative estimate of drug-likeness (QED) is 0.529. The van der Waals surface area contributed by atoms with Crippen LogP contribution in [0.1, 0.15) is 39.9 Å². The minimum Gasteiger partial charge on any atom is -0.329 e. The molecule has 0 fully saturated rings. The molecule has 0 unspecified atom stereocenters. The lowest BCUT2D eigenvalue weighted by Gasteiger charge is -2.35. The van der Waals surface area contributed by atoms with Gasteiger partial charge in [-0.2, -0.15) is 31.4 Å². The number of pyridine rings is 1. The van der Waals surface area contributed by atoms with Gasteiger partial charge in [-0.15, -0.1) is 0 Å². The van der Waals surface area contributed by atoms with Gasteiger partial charge in [0.15, 0.2) is 0 Å². The molecule has 7 nitrogen and oxygen atoms in total. The second-order valence-corrected chi connectivity index (χ2v) is 7.95. The van der Waals surface area contributed by atoms with E-state index in [-0.39, 0.29) is 29.6 Å². The van der Waals surface area contributed by atoms with Crippen LogP contribution in [0, 0.1) is 6.92 Å². The Morgan fingerprint density at radius 1 is 1.00 bits per heavy atom. The molecule has 0 N–H and O–H groups in total. The van der Waals surface area contributed by atoms with Gasteiger partial charge in [-0.25, -0.2) is 9.67 Å². The Kier molecular flexibility index (Phi) is 5.53. The molecule has 13 heteroatoms. The van der Waals surface area contributed by atoms with E-state index in [2.05, 4.69) is 10.1 Å². The Labute approximate surface area is 188 Å². The molecule has 3 aromatic rings. The summed E-state index contributed by atoms with van der Waals surface area (Å²) < 4.78 is 81.6. The molecule has 2 aromatic heterocycles. The zero-order valence-corrected chi connectivity index (χ0v) is 17.8. The van der Waals surface area contributed by atoms with Crippen molar-refractivity contribution in [3.63, 3.8) is 0 Å². The van der Waals surface area contributed by atoms with E-state index in [4.69, 9.17) is 0 Å². The number of fused-ring (bicyclic) bond motifs is 1. The third-order valence-electron chi connectivity index (χ3n) is 5.47. The number of alkyl halides is 6. The van der Waals surface area contributed by atoms with E-state index in [0.29, 0.717) is 18.0 Å². The molecule has 0 spiro atoms. The normalized spacial score (nSPS) is 16.6. The SMILES string of the molecule is Cc1ncn(-c2ccc3n(c2=O)C[C@@H](C)N(Cc2cc(C(F)(F)F)cc(C(F)(F)F)c2)C3=O)n1. The van der Waals surface area contributed by atoms with Gasteiger partial charge < -0.3 is 9.47 Å². The fourth-order valence-electron chi connectivity index (χ4n) is 3.82. The van der Waals surface area contributed by atoms with E-state index in [1.54, 1.807) is 13.8 Å². The van der Waals surface area contributed by atoms with Crippen molar-refractivity contribution in [1.82, 2.24) is 24.2 Å². The summed E-state index contributed by atoms with van der Waals surface area (Å²) in [6, 6.07) is 3.25. The van der Waals surface area contributed by atoms with Gasteiger partial charge in [0.2, 0.25) is 0 Å². The van der Waals surface area contributed by atoms with Crippen LogP contribution < -0.4 is 5.56 Å². The standard InChI is InChI=1S/C21H17F6N5O2/c1-11-8-31-16(3-4-17(19(31)34)32-10-28-12(2)29-32)18(33)30(11)9-13-5-14(20(22,23)24)7-15(6-13)21(25,26)27/h3-7,10-11H,8-9H2,1-2H3/t11-/m1/s1. The van der Waals surface area contributed by atoms with E-state index >= 15 is 0 Å². The van der Waals surface area contributed by atoms with Crippen LogP contribution in [-0.2, 0) is 25.4 Å². The molecule has 1 atom stereocenters. The molecule has 1 aliphatic rings. The van der Waals surface area contributed by atoms with Gasteiger partial charge in [0.1, 0.15) is 23.5 Å². The number of rotatable bonds is 3. The molecule has 3 heterocycles. The third-order valence-corrected chi connectivity index (χ3v) is 5.47. The zero-order valence-electron chi connectivity index (χ0n) is 17.8. The van der Waals surface area contributed by atoms with Crippen LogP contribution in [0.25, 0.3) is 5.69 Å². The number of hydrogen-bond donors (Lipinski definition) is 0. The first-order valence-electron chi connectivity index (χ1n) is 9.97. The average molecular weight is 485 g/mol. The van der Waals surface area contributed by atoms with Crippen molar-refractivity contribution < 1.29 is 31.1 Å². The van der Waals surface area contributed by atoms with Crippen LogP contribution >= 0.6 is 0 Å². The van der Waals surface area contributed by atoms with E-state index in [0.717, 1.165) is 4.90 Å². The fraction of sp³-hybridized carbons (Fsp3) is 0.333. The minimum atomic E-state index is -5.00. The van der Waals surface area contributed by atoms with Crippen LogP contribution in [0.15, 0.2) is 41.5 Å². The van der Waals surface area contributed by atoms with Gasteiger partial charge in [0.05, 0.1) is 11.1 Å². The van der Waals surface area contributed by atoms with E-state index in [1.165, 1.54) is 27.7 Å². The van der Waals surface area contributed by atoms with Crippen molar-refractivity contribution in [3.8, 4) is 5.69 Å². The number of amides is 1. The lowest BCUT2D eigenvalue weighted by Crippen LogP contribution is -2.49. The summed E-state index contributed by atoms with van der Waals surface area (Å²) in [7, 11) is 0. The third kappa shape index (κ3) is 4.29. The van der Waals surface area contributed by atoms with Crippen molar-refractivity contribution in [1.29, 1.82) is 0 Å². The summed E-state index contributed by atoms with van der Waals surface area (Å²) in [4.78, 5) is 31.1. The first-order valence-corrected chi connectivity index (χ1v) is 9.97. The zero-order chi connectivity index (χ0) is 25.0. The molecule has 0 saturated heterocycles. The Hall–Kier alpha value is -3.64. The molecule has 0 bridgehead atoms. The van der Waals surface area contributed by atoms with Crippen molar-refractivity contribution in [2.24, 2.45) is 0 Å². The van der Waals surface area contributed by atoms with Crippen LogP contribution in [0.3, 0.4) is 0 Å². The summed E-state index contributed by atoms with van der Waals surface area (Å²) in [5, 5.41) is 4.07. The highest BCUT2D eigenvalue weighted by atomic mass is 19.4. The molecule has 0 radical (unpaired) electrons. The first kappa shape index (κ1) is 23.5. The number of aryl methyl sites for hydroxylation is 1. The van der Waals surface area contributed by atoms with Gasteiger partial charge in [0.25, 0.3) is 11.5 Å². The van der Waals surface area contributed by atoms with Gasteiger partial charge in [0, 0.05) is 19.1 Å². The van der Waals surface area contributed by atoms with Crippen molar-refractivity contribution in [2.45, 2.75) is 45.3 Å². The fourth-order valence-corrected chi connectivity index (χ4v) is 3.82. The lowest BCUT2D eigenvalue weighted by molar-refractivity contribution is -0.143. The Morgan fingerprint density at radius 3 is 2.15 bits per heavy atom. The highest BCUT2D eigenvalue weighted by molar-refractivity contribution is 5.93. The van der Waals surface area contributed by atoms with Crippen LogP contribution in [0.5, 0.6) is 0 Å². The Balaban J connectivity index is 1.71. The molecular weight excluding hydrogens is 468 g/mol. The number of carbonyl (C=O) groups is 1. The first-order chi connectivity index (χ1) is 15.8. The van der Waals surface area contributed by atoms with Gasteiger partial charge >= 0.3 is 12.4 Å². The molecular formula is C21H17F6N5O2. The number of hydrogen-bond acceptors (Lipinski definition) is 4. The molecule has 0 saturated carbocycles. The summed E-state index contributed by atoms with van der Waals surface area (Å²) in [5.74, 6) is -0.264.